The lowest BCUT2D eigenvalue weighted by Crippen LogP contribution is -2.38. The first-order valence-electron chi connectivity index (χ1n) is 9.25. The molecule has 0 radical (unpaired) electrons. The van der Waals surface area contributed by atoms with Gasteiger partial charge in [-0.2, -0.15) is 0 Å². The van der Waals surface area contributed by atoms with Crippen LogP contribution >= 0.6 is 0 Å². The van der Waals surface area contributed by atoms with Crippen LogP contribution in [0, 0.1) is 11.8 Å². The van der Waals surface area contributed by atoms with Gasteiger partial charge in [0.25, 0.3) is 5.91 Å². The molecular formula is C19H24N4O4. The van der Waals surface area contributed by atoms with E-state index in [0.29, 0.717) is 37.2 Å². The number of anilines is 1. The lowest BCUT2D eigenvalue weighted by molar-refractivity contribution is -0.142. The minimum atomic E-state index is -0.505. The zero-order valence-electron chi connectivity index (χ0n) is 15.1. The quantitative estimate of drug-likeness (QED) is 0.628. The monoisotopic (exact) mass is 372 g/mol. The molecule has 3 rings (SSSR count). The molecule has 1 aliphatic carbocycles. The van der Waals surface area contributed by atoms with E-state index in [1.165, 1.54) is 0 Å². The van der Waals surface area contributed by atoms with Gasteiger partial charge in [0.2, 0.25) is 17.7 Å². The van der Waals surface area contributed by atoms with Crippen molar-refractivity contribution >= 4 is 29.3 Å². The molecule has 2 fully saturated rings. The fraction of sp³-hybridized carbons (Fsp3) is 0.474. The molecule has 1 saturated carbocycles. The summed E-state index contributed by atoms with van der Waals surface area (Å²) in [6.45, 7) is 0.297. The van der Waals surface area contributed by atoms with Gasteiger partial charge >= 0.3 is 0 Å². The topological polar surface area (TPSA) is 122 Å². The highest BCUT2D eigenvalue weighted by atomic mass is 16.2. The zero-order chi connectivity index (χ0) is 19.4. The average molecular weight is 372 g/mol. The molecule has 8 nitrogen and oxygen atoms in total. The molecule has 1 aromatic carbocycles. The number of fused-ring (bicyclic) bond motifs is 1. The molecule has 8 heteroatoms. The SMILES string of the molecule is NCCNC(=O)c1ccccc1NC(=O)CN1C(=O)C2CCCCC2C1=O. The van der Waals surface area contributed by atoms with Gasteiger partial charge in [0.1, 0.15) is 6.54 Å². The number of hydrogen-bond donors (Lipinski definition) is 3. The highest BCUT2D eigenvalue weighted by Crippen LogP contribution is 2.37. The van der Waals surface area contributed by atoms with Crippen molar-refractivity contribution in [1.29, 1.82) is 0 Å². The first-order chi connectivity index (χ1) is 13.0. The predicted molar refractivity (Wildman–Crippen MR) is 98.6 cm³/mol. The normalized spacial score (nSPS) is 21.7. The van der Waals surface area contributed by atoms with Gasteiger partial charge in [-0.05, 0) is 25.0 Å². The van der Waals surface area contributed by atoms with E-state index in [1.54, 1.807) is 24.3 Å². The van der Waals surface area contributed by atoms with Crippen molar-refractivity contribution in [3.63, 3.8) is 0 Å². The van der Waals surface area contributed by atoms with Crippen LogP contribution in [-0.4, -0.2) is 48.2 Å². The number of benzene rings is 1. The van der Waals surface area contributed by atoms with Crippen LogP contribution in [0.4, 0.5) is 5.69 Å². The third-order valence-corrected chi connectivity index (χ3v) is 5.11. The largest absolute Gasteiger partial charge is 0.351 e. The van der Waals surface area contributed by atoms with Crippen molar-refractivity contribution < 1.29 is 19.2 Å². The smallest absolute Gasteiger partial charge is 0.253 e. The molecule has 2 unspecified atom stereocenters. The Labute approximate surface area is 157 Å². The maximum atomic E-state index is 12.5. The van der Waals surface area contributed by atoms with Gasteiger partial charge in [-0.1, -0.05) is 25.0 Å². The van der Waals surface area contributed by atoms with Crippen molar-refractivity contribution in [2.45, 2.75) is 25.7 Å². The Morgan fingerprint density at radius 1 is 1.07 bits per heavy atom. The third kappa shape index (κ3) is 4.00. The van der Waals surface area contributed by atoms with Crippen LogP contribution < -0.4 is 16.4 Å². The number of hydrogen-bond acceptors (Lipinski definition) is 5. The van der Waals surface area contributed by atoms with Crippen LogP contribution in [0.3, 0.4) is 0 Å². The molecule has 2 atom stereocenters. The maximum absolute atomic E-state index is 12.5. The number of rotatable bonds is 6. The van der Waals surface area contributed by atoms with Crippen LogP contribution in [0.25, 0.3) is 0 Å². The summed E-state index contributed by atoms with van der Waals surface area (Å²) in [6, 6.07) is 6.56. The Morgan fingerprint density at radius 2 is 1.70 bits per heavy atom. The molecule has 1 aromatic rings. The van der Waals surface area contributed by atoms with E-state index < -0.39 is 5.91 Å². The summed E-state index contributed by atoms with van der Waals surface area (Å²) in [5.74, 6) is -1.94. The number of nitrogens with one attached hydrogen (secondary N) is 2. The standard InChI is InChI=1S/C19H24N4O4/c20-9-10-21-17(25)14-7-3-4-8-15(14)22-16(24)11-23-18(26)12-5-1-2-6-13(12)19(23)27/h3-4,7-8,12-13H,1-2,5-6,9-11,20H2,(H,21,25)(H,22,24). The summed E-state index contributed by atoms with van der Waals surface area (Å²) >= 11 is 0. The molecule has 0 spiro atoms. The van der Waals surface area contributed by atoms with Crippen LogP contribution in [-0.2, 0) is 14.4 Å². The lowest BCUT2D eigenvalue weighted by Gasteiger charge is -2.19. The van der Waals surface area contributed by atoms with E-state index in [4.69, 9.17) is 5.73 Å². The first-order valence-corrected chi connectivity index (χ1v) is 9.25. The van der Waals surface area contributed by atoms with E-state index >= 15 is 0 Å². The van der Waals surface area contributed by atoms with E-state index in [1.807, 2.05) is 0 Å². The second kappa shape index (κ2) is 8.30. The van der Waals surface area contributed by atoms with Crippen LogP contribution in [0.2, 0.25) is 0 Å². The van der Waals surface area contributed by atoms with Gasteiger partial charge in [0, 0.05) is 13.1 Å². The lowest BCUT2D eigenvalue weighted by atomic mass is 9.81. The highest BCUT2D eigenvalue weighted by molar-refractivity contribution is 6.10. The van der Waals surface area contributed by atoms with E-state index in [2.05, 4.69) is 10.6 Å². The molecule has 1 heterocycles. The number of nitrogens with zero attached hydrogens (tertiary/aromatic N) is 1. The first kappa shape index (κ1) is 19.0. The molecule has 27 heavy (non-hydrogen) atoms. The van der Waals surface area contributed by atoms with Crippen molar-refractivity contribution in [2.75, 3.05) is 25.0 Å². The molecule has 0 bridgehead atoms. The summed E-state index contributed by atoms with van der Waals surface area (Å²) in [5, 5.41) is 5.29. The Kier molecular flexibility index (Phi) is 5.85. The fourth-order valence-electron chi connectivity index (χ4n) is 3.79. The zero-order valence-corrected chi connectivity index (χ0v) is 15.1. The number of likely N-dealkylation sites (tertiary alicyclic amines) is 1. The second-order valence-corrected chi connectivity index (χ2v) is 6.90. The predicted octanol–water partition coefficient (Wildman–Crippen LogP) is 0.489. The van der Waals surface area contributed by atoms with Gasteiger partial charge in [-0.3, -0.25) is 24.1 Å². The number of carbonyl (C=O) groups is 4. The molecule has 0 aromatic heterocycles. The van der Waals surface area contributed by atoms with E-state index in [9.17, 15) is 19.2 Å². The molecule has 144 valence electrons. The van der Waals surface area contributed by atoms with Crippen LogP contribution in [0.5, 0.6) is 0 Å². The number of amides is 4. The van der Waals surface area contributed by atoms with Crippen molar-refractivity contribution in [2.24, 2.45) is 17.6 Å². The second-order valence-electron chi connectivity index (χ2n) is 6.90. The summed E-state index contributed by atoms with van der Waals surface area (Å²) in [7, 11) is 0. The average Bonchev–Trinajstić information content (AvgIpc) is 2.91. The van der Waals surface area contributed by atoms with Crippen molar-refractivity contribution in [1.82, 2.24) is 10.2 Å². The van der Waals surface area contributed by atoms with E-state index in [0.717, 1.165) is 17.7 Å². The van der Waals surface area contributed by atoms with Gasteiger partial charge < -0.3 is 16.4 Å². The number of para-hydroxylation sites is 1. The van der Waals surface area contributed by atoms with Gasteiger partial charge in [0.05, 0.1) is 23.1 Å². The molecule has 1 aliphatic heterocycles. The van der Waals surface area contributed by atoms with Gasteiger partial charge in [-0.25, -0.2) is 0 Å². The van der Waals surface area contributed by atoms with Crippen molar-refractivity contribution in [3.8, 4) is 0 Å². The summed E-state index contributed by atoms with van der Waals surface area (Å²) < 4.78 is 0. The Balaban J connectivity index is 1.67. The molecule has 4 amide bonds. The highest BCUT2D eigenvalue weighted by Gasteiger charge is 2.48. The number of carbonyl (C=O) groups excluding carboxylic acids is 4. The number of imide groups is 1. The summed E-state index contributed by atoms with van der Waals surface area (Å²) in [4.78, 5) is 50.7. The van der Waals surface area contributed by atoms with Gasteiger partial charge in [0.15, 0.2) is 0 Å². The molecular weight excluding hydrogens is 348 g/mol. The Hall–Kier alpha value is -2.74. The fourth-order valence-corrected chi connectivity index (χ4v) is 3.79. The minimum absolute atomic E-state index is 0.256. The van der Waals surface area contributed by atoms with Crippen molar-refractivity contribution in [3.05, 3.63) is 29.8 Å². The number of nitrogens with two attached hydrogens (primary N) is 1. The molecule has 1 saturated heterocycles. The summed E-state index contributed by atoms with van der Waals surface area (Å²) in [6.07, 6.45) is 3.28. The Bertz CT molecular complexity index is 740. The molecule has 4 N–H and O–H groups in total. The van der Waals surface area contributed by atoms with Gasteiger partial charge in [-0.15, -0.1) is 0 Å². The minimum Gasteiger partial charge on any atom is -0.351 e. The molecule has 2 aliphatic rings. The van der Waals surface area contributed by atoms with Crippen LogP contribution in [0.15, 0.2) is 24.3 Å². The van der Waals surface area contributed by atoms with Crippen LogP contribution in [0.1, 0.15) is 36.0 Å². The van der Waals surface area contributed by atoms with E-state index in [-0.39, 0.29) is 36.1 Å². The third-order valence-electron chi connectivity index (χ3n) is 5.11. The Morgan fingerprint density at radius 3 is 2.33 bits per heavy atom. The maximum Gasteiger partial charge on any atom is 0.253 e. The summed E-state index contributed by atoms with van der Waals surface area (Å²) in [5.41, 5.74) is 6.01.